The van der Waals surface area contributed by atoms with Crippen LogP contribution in [-0.2, 0) is 47.7 Å². The highest BCUT2D eigenvalue weighted by Gasteiger charge is 2.79. The first-order chi connectivity index (χ1) is 20.8. The molecule has 0 radical (unpaired) electrons. The van der Waals surface area contributed by atoms with Crippen LogP contribution in [0.2, 0.25) is 0 Å². The third kappa shape index (κ3) is 4.15. The van der Waals surface area contributed by atoms with E-state index in [4.69, 9.17) is 18.9 Å². The van der Waals surface area contributed by atoms with E-state index in [9.17, 15) is 28.8 Å². The molecule has 2 atom stereocenters. The fourth-order valence-electron chi connectivity index (χ4n) is 6.28. The number of methoxy groups -OCH3 is 4. The molecule has 4 rings (SSSR count). The van der Waals surface area contributed by atoms with Crippen molar-refractivity contribution in [2.24, 2.45) is 22.7 Å². The molecule has 0 spiro atoms. The van der Waals surface area contributed by atoms with E-state index < -0.39 is 57.4 Å². The van der Waals surface area contributed by atoms with Gasteiger partial charge in [0.25, 0.3) is 0 Å². The van der Waals surface area contributed by atoms with Crippen LogP contribution in [0.3, 0.4) is 0 Å². The Balaban J connectivity index is 2.29. The number of carbonyl (C=O) groups excluding carboxylic acids is 6. The smallest absolute Gasteiger partial charge is 0.342 e. The number of ketones is 2. The Morgan fingerprint density at radius 3 is 1.16 bits per heavy atom. The van der Waals surface area contributed by atoms with Crippen molar-refractivity contribution in [3.63, 3.8) is 0 Å². The molecule has 0 aliphatic heterocycles. The summed E-state index contributed by atoms with van der Waals surface area (Å²) in [6, 6.07) is 0. The van der Waals surface area contributed by atoms with Crippen LogP contribution in [0.5, 0.6) is 0 Å². The molecular weight excluding hydrogens is 568 g/mol. The molecule has 0 heterocycles. The molecule has 0 amide bonds. The zero-order chi connectivity index (χ0) is 32.7. The minimum absolute atomic E-state index is 0.0245. The molecule has 0 N–H and O–H groups in total. The lowest BCUT2D eigenvalue weighted by atomic mass is 9.54. The summed E-state index contributed by atoms with van der Waals surface area (Å²) in [5.41, 5.74) is -5.70. The Hall–Kier alpha value is -4.86. The maximum atomic E-state index is 14.8. The lowest BCUT2D eigenvalue weighted by Crippen LogP contribution is -2.61. The molecule has 0 unspecified atom stereocenters. The molecule has 0 saturated heterocycles. The summed E-state index contributed by atoms with van der Waals surface area (Å²) in [6.45, 7) is 7.67. The Bertz CT molecular complexity index is 1530. The maximum absolute atomic E-state index is 14.8. The number of ether oxygens (including phenoxy) is 4. The van der Waals surface area contributed by atoms with Crippen molar-refractivity contribution < 1.29 is 47.7 Å². The summed E-state index contributed by atoms with van der Waals surface area (Å²) in [5, 5.41) is 0. The van der Waals surface area contributed by atoms with Crippen LogP contribution in [0.25, 0.3) is 0 Å². The monoisotopic (exact) mass is 602 g/mol. The van der Waals surface area contributed by atoms with Gasteiger partial charge in [0.2, 0.25) is 0 Å². The normalized spacial score (nSPS) is 24.2. The fourth-order valence-corrected chi connectivity index (χ4v) is 6.28. The van der Waals surface area contributed by atoms with Gasteiger partial charge >= 0.3 is 23.9 Å². The van der Waals surface area contributed by atoms with Crippen molar-refractivity contribution in [2.75, 3.05) is 28.4 Å². The molecule has 4 aliphatic rings. The van der Waals surface area contributed by atoms with Crippen LogP contribution in [0.4, 0.5) is 0 Å². The largest absolute Gasteiger partial charge is 0.468 e. The predicted octanol–water partition coefficient (Wildman–Crippen LogP) is 3.57. The number of rotatable bonds is 7. The van der Waals surface area contributed by atoms with Crippen LogP contribution in [0, 0.1) is 22.7 Å². The first-order valence-corrected chi connectivity index (χ1v) is 14.0. The summed E-state index contributed by atoms with van der Waals surface area (Å²) in [4.78, 5) is 85.0. The van der Waals surface area contributed by atoms with Crippen molar-refractivity contribution in [3.05, 3.63) is 93.2 Å². The standard InChI is InChI=1S/C34H34O10/c1-17(2)19-9-13-21-23(15-11-19)33(31(39)43-7,27(35)25(21)29(37)41-5)34(32(40)44-8)24-16-12-20(18(3)4)10-14-22(24)26(28(34)36)30(38)42-6/h9-18H,1-8H3/t33-,34-/m1/s1. The SMILES string of the molecule is COC(=O)C1=C2C=CC(C(C)C)=CC=C2[C@@](C(=O)OC)([C@@]2(C(=O)OC)C(=O)C(C(=O)OC)=C3C=CC(C(C)C)=CC=C32)C1=O. The van der Waals surface area contributed by atoms with Gasteiger partial charge in [-0.3, -0.25) is 19.2 Å². The van der Waals surface area contributed by atoms with Gasteiger partial charge < -0.3 is 18.9 Å². The molecule has 44 heavy (non-hydrogen) atoms. The van der Waals surface area contributed by atoms with Gasteiger partial charge in [0.05, 0.1) is 28.4 Å². The number of allylic oxidation sites excluding steroid dienone is 12. The van der Waals surface area contributed by atoms with Crippen molar-refractivity contribution in [1.29, 1.82) is 0 Å². The topological polar surface area (TPSA) is 139 Å². The summed E-state index contributed by atoms with van der Waals surface area (Å²) in [6.07, 6.45) is 12.4. The van der Waals surface area contributed by atoms with E-state index in [0.717, 1.165) is 39.6 Å². The molecule has 0 aromatic heterocycles. The van der Waals surface area contributed by atoms with Crippen molar-refractivity contribution in [2.45, 2.75) is 27.7 Å². The Labute approximate surface area is 255 Å². The highest BCUT2D eigenvalue weighted by molar-refractivity contribution is 6.40. The molecular formula is C34H34O10. The maximum Gasteiger partial charge on any atom is 0.342 e. The van der Waals surface area contributed by atoms with Gasteiger partial charge in [-0.15, -0.1) is 0 Å². The first-order valence-electron chi connectivity index (χ1n) is 14.0. The second-order valence-electron chi connectivity index (χ2n) is 11.2. The summed E-state index contributed by atoms with van der Waals surface area (Å²) < 4.78 is 20.4. The predicted molar refractivity (Wildman–Crippen MR) is 157 cm³/mol. The van der Waals surface area contributed by atoms with E-state index in [1.54, 1.807) is 24.3 Å². The Morgan fingerprint density at radius 1 is 0.545 bits per heavy atom. The Morgan fingerprint density at radius 2 is 0.886 bits per heavy atom. The van der Waals surface area contributed by atoms with Crippen LogP contribution < -0.4 is 0 Å². The van der Waals surface area contributed by atoms with Gasteiger partial charge in [-0.25, -0.2) is 9.59 Å². The molecule has 0 aromatic carbocycles. The molecule has 0 bridgehead atoms. The number of Topliss-reactive ketones (excluding diaryl/α,β-unsaturated/α-hetero) is 2. The molecule has 10 nitrogen and oxygen atoms in total. The fraction of sp³-hybridized carbons (Fsp3) is 0.353. The minimum atomic E-state index is -2.85. The number of hydrogen-bond donors (Lipinski definition) is 0. The van der Waals surface area contributed by atoms with E-state index in [2.05, 4.69) is 0 Å². The Kier molecular flexibility index (Phi) is 8.50. The average molecular weight is 603 g/mol. The third-order valence-electron chi connectivity index (χ3n) is 8.49. The van der Waals surface area contributed by atoms with Gasteiger partial charge in [0.1, 0.15) is 11.1 Å². The molecule has 0 fully saturated rings. The van der Waals surface area contributed by atoms with Gasteiger partial charge in [0, 0.05) is 0 Å². The highest BCUT2D eigenvalue weighted by atomic mass is 16.5. The van der Waals surface area contributed by atoms with E-state index >= 15 is 0 Å². The molecule has 4 aliphatic carbocycles. The first kappa shape index (κ1) is 32.1. The van der Waals surface area contributed by atoms with Crippen LogP contribution in [-0.4, -0.2) is 63.9 Å². The lowest BCUT2D eigenvalue weighted by molar-refractivity contribution is -0.175. The van der Waals surface area contributed by atoms with Gasteiger partial charge in [-0.05, 0) is 45.3 Å². The van der Waals surface area contributed by atoms with E-state index in [1.165, 1.54) is 24.3 Å². The molecule has 0 saturated carbocycles. The molecule has 230 valence electrons. The minimum Gasteiger partial charge on any atom is -0.468 e. The van der Waals surface area contributed by atoms with Crippen LogP contribution in [0.1, 0.15) is 27.7 Å². The highest BCUT2D eigenvalue weighted by Crippen LogP contribution is 2.65. The molecule has 10 heteroatoms. The zero-order valence-corrected chi connectivity index (χ0v) is 25.9. The zero-order valence-electron chi connectivity index (χ0n) is 25.9. The van der Waals surface area contributed by atoms with Gasteiger partial charge in [-0.2, -0.15) is 0 Å². The number of carbonyl (C=O) groups is 6. The molecule has 0 aromatic rings. The number of hydrogen-bond acceptors (Lipinski definition) is 10. The summed E-state index contributed by atoms with van der Waals surface area (Å²) >= 11 is 0. The third-order valence-corrected chi connectivity index (χ3v) is 8.49. The summed E-state index contributed by atoms with van der Waals surface area (Å²) in [5.74, 6) is -7.29. The lowest BCUT2D eigenvalue weighted by Gasteiger charge is -2.42. The van der Waals surface area contributed by atoms with Gasteiger partial charge in [0.15, 0.2) is 22.4 Å². The van der Waals surface area contributed by atoms with Crippen molar-refractivity contribution in [1.82, 2.24) is 0 Å². The van der Waals surface area contributed by atoms with Gasteiger partial charge in [-0.1, -0.05) is 76.3 Å². The number of esters is 4. The van der Waals surface area contributed by atoms with E-state index in [0.29, 0.717) is 0 Å². The second-order valence-corrected chi connectivity index (χ2v) is 11.2. The quantitative estimate of drug-likeness (QED) is 0.184. The van der Waals surface area contributed by atoms with Crippen LogP contribution in [0.15, 0.2) is 93.2 Å². The van der Waals surface area contributed by atoms with Crippen molar-refractivity contribution >= 4 is 35.4 Å². The second kappa shape index (κ2) is 11.7. The number of fused-ring (bicyclic) bond motifs is 2. The van der Waals surface area contributed by atoms with E-state index in [1.807, 2.05) is 27.7 Å². The van der Waals surface area contributed by atoms with E-state index in [-0.39, 0.29) is 34.1 Å². The average Bonchev–Trinajstić information content (AvgIpc) is 3.18. The summed E-state index contributed by atoms with van der Waals surface area (Å²) in [7, 11) is 4.11. The van der Waals surface area contributed by atoms with Crippen LogP contribution >= 0.6 is 0 Å². The van der Waals surface area contributed by atoms with Crippen molar-refractivity contribution in [3.8, 4) is 0 Å².